The van der Waals surface area contributed by atoms with E-state index in [0.29, 0.717) is 27.8 Å². The van der Waals surface area contributed by atoms with Crippen molar-refractivity contribution in [1.82, 2.24) is 0 Å². The summed E-state index contributed by atoms with van der Waals surface area (Å²) in [5.41, 5.74) is 2.04. The second-order valence-corrected chi connectivity index (χ2v) is 5.21. The van der Waals surface area contributed by atoms with Crippen LogP contribution in [0.5, 0.6) is 5.75 Å². The summed E-state index contributed by atoms with van der Waals surface area (Å²) in [6, 6.07) is 10.3. The molecule has 0 bridgehead atoms. The van der Waals surface area contributed by atoms with Crippen molar-refractivity contribution in [3.05, 3.63) is 62.1 Å². The molecule has 0 saturated heterocycles. The molecule has 0 aliphatic rings. The van der Waals surface area contributed by atoms with Crippen molar-refractivity contribution < 1.29 is 10.0 Å². The van der Waals surface area contributed by atoms with Gasteiger partial charge in [-0.15, -0.1) is 0 Å². The lowest BCUT2D eigenvalue weighted by molar-refractivity contribution is -0.385. The third kappa shape index (κ3) is 3.08. The van der Waals surface area contributed by atoms with Crippen molar-refractivity contribution in [3.63, 3.8) is 0 Å². The molecule has 2 N–H and O–H groups in total. The summed E-state index contributed by atoms with van der Waals surface area (Å²) in [5.74, 6) is 0.168. The quantitative estimate of drug-likeness (QED) is 0.654. The van der Waals surface area contributed by atoms with Gasteiger partial charge in [-0.3, -0.25) is 10.1 Å². The van der Waals surface area contributed by atoms with Crippen LogP contribution in [0.15, 0.2) is 40.9 Å². The van der Waals surface area contributed by atoms with E-state index in [1.54, 1.807) is 31.2 Å². The smallest absolute Gasteiger partial charge is 0.274 e. The number of para-hydroxylation sites is 1. The second kappa shape index (κ2) is 5.92. The highest BCUT2D eigenvalue weighted by Gasteiger charge is 2.11. The van der Waals surface area contributed by atoms with E-state index in [2.05, 4.69) is 21.2 Å². The van der Waals surface area contributed by atoms with Crippen LogP contribution in [0.3, 0.4) is 0 Å². The Morgan fingerprint density at radius 3 is 2.80 bits per heavy atom. The minimum absolute atomic E-state index is 0.0773. The number of nitro groups is 1. The van der Waals surface area contributed by atoms with E-state index >= 15 is 0 Å². The normalized spacial score (nSPS) is 10.3. The zero-order valence-corrected chi connectivity index (χ0v) is 12.3. The summed E-state index contributed by atoms with van der Waals surface area (Å²) in [7, 11) is 0. The van der Waals surface area contributed by atoms with E-state index in [9.17, 15) is 15.2 Å². The van der Waals surface area contributed by atoms with Crippen molar-refractivity contribution in [3.8, 4) is 5.75 Å². The van der Waals surface area contributed by atoms with Crippen molar-refractivity contribution in [2.45, 2.75) is 13.5 Å². The molecule has 0 aliphatic carbocycles. The lowest BCUT2D eigenvalue weighted by atomic mass is 10.1. The zero-order valence-electron chi connectivity index (χ0n) is 10.8. The number of rotatable bonds is 4. The molecule has 104 valence electrons. The number of hydrogen-bond acceptors (Lipinski definition) is 4. The van der Waals surface area contributed by atoms with Gasteiger partial charge < -0.3 is 10.4 Å². The fraction of sp³-hybridized carbons (Fsp3) is 0.143. The standard InChI is InChI=1S/C14H13BrN2O3/c1-9-5-6-11(7-13(9)17(19)20)16-8-10-3-2-4-12(15)14(10)18/h2-7,16,18H,8H2,1H3. The second-order valence-electron chi connectivity index (χ2n) is 4.36. The Morgan fingerprint density at radius 1 is 1.35 bits per heavy atom. The maximum Gasteiger partial charge on any atom is 0.274 e. The summed E-state index contributed by atoms with van der Waals surface area (Å²) < 4.78 is 0.617. The monoisotopic (exact) mass is 336 g/mol. The number of aromatic hydroxyl groups is 1. The fourth-order valence-electron chi connectivity index (χ4n) is 1.82. The van der Waals surface area contributed by atoms with Crippen LogP contribution in [0.2, 0.25) is 0 Å². The predicted octanol–water partition coefficient (Wildman–Crippen LogP) is 3.98. The molecule has 0 spiro atoms. The minimum atomic E-state index is -0.406. The zero-order chi connectivity index (χ0) is 14.7. The number of halogens is 1. The van der Waals surface area contributed by atoms with Crippen LogP contribution in [0.4, 0.5) is 11.4 Å². The van der Waals surface area contributed by atoms with Gasteiger partial charge in [-0.25, -0.2) is 0 Å². The van der Waals surface area contributed by atoms with Gasteiger partial charge >= 0.3 is 0 Å². The van der Waals surface area contributed by atoms with E-state index in [1.165, 1.54) is 6.07 Å². The molecule has 0 amide bonds. The maximum absolute atomic E-state index is 10.9. The number of benzene rings is 2. The number of anilines is 1. The summed E-state index contributed by atoms with van der Waals surface area (Å²) in [6.07, 6.45) is 0. The van der Waals surface area contributed by atoms with Crippen molar-refractivity contribution in [1.29, 1.82) is 0 Å². The summed E-state index contributed by atoms with van der Waals surface area (Å²) in [6.45, 7) is 2.08. The van der Waals surface area contributed by atoms with Crippen LogP contribution >= 0.6 is 15.9 Å². The Hall–Kier alpha value is -2.08. The topological polar surface area (TPSA) is 75.4 Å². The Kier molecular flexibility index (Phi) is 4.24. The SMILES string of the molecule is Cc1ccc(NCc2cccc(Br)c2O)cc1[N+](=O)[O-]. The highest BCUT2D eigenvalue weighted by Crippen LogP contribution is 2.28. The van der Waals surface area contributed by atoms with Crippen LogP contribution in [0.1, 0.15) is 11.1 Å². The Bertz CT molecular complexity index is 659. The fourth-order valence-corrected chi connectivity index (χ4v) is 2.22. The molecule has 2 aromatic rings. The summed E-state index contributed by atoms with van der Waals surface area (Å²) in [5, 5.41) is 23.8. The van der Waals surface area contributed by atoms with E-state index in [1.807, 2.05) is 6.07 Å². The van der Waals surface area contributed by atoms with Crippen LogP contribution in [-0.4, -0.2) is 10.0 Å². The molecular weight excluding hydrogens is 324 g/mol. The minimum Gasteiger partial charge on any atom is -0.506 e. The molecule has 0 aromatic heterocycles. The van der Waals surface area contributed by atoms with Gasteiger partial charge in [0.25, 0.3) is 5.69 Å². The van der Waals surface area contributed by atoms with Crippen molar-refractivity contribution >= 4 is 27.3 Å². The molecule has 2 aromatic carbocycles. The van der Waals surface area contributed by atoms with Gasteiger partial charge in [-0.05, 0) is 35.0 Å². The molecule has 0 heterocycles. The number of phenols is 1. The number of nitro benzene ring substituents is 1. The summed E-state index contributed by atoms with van der Waals surface area (Å²) in [4.78, 5) is 10.5. The molecule has 0 unspecified atom stereocenters. The Labute approximate surface area is 124 Å². The molecule has 0 atom stereocenters. The lowest BCUT2D eigenvalue weighted by Gasteiger charge is -2.09. The molecule has 0 fully saturated rings. The van der Waals surface area contributed by atoms with Crippen molar-refractivity contribution in [2.24, 2.45) is 0 Å². The largest absolute Gasteiger partial charge is 0.506 e. The number of nitrogens with zero attached hydrogens (tertiary/aromatic N) is 1. The molecular formula is C14H13BrN2O3. The highest BCUT2D eigenvalue weighted by molar-refractivity contribution is 9.10. The van der Waals surface area contributed by atoms with Gasteiger partial charge in [0.15, 0.2) is 0 Å². The average molecular weight is 337 g/mol. The van der Waals surface area contributed by atoms with Gasteiger partial charge in [0.05, 0.1) is 9.40 Å². The molecule has 5 nitrogen and oxygen atoms in total. The molecule has 6 heteroatoms. The van der Waals surface area contributed by atoms with Crippen LogP contribution in [0.25, 0.3) is 0 Å². The number of phenolic OH excluding ortho intramolecular Hbond substituents is 1. The van der Waals surface area contributed by atoms with Gasteiger partial charge in [0, 0.05) is 29.4 Å². The first-order valence-corrected chi connectivity index (χ1v) is 6.73. The van der Waals surface area contributed by atoms with E-state index in [0.717, 1.165) is 0 Å². The van der Waals surface area contributed by atoms with E-state index < -0.39 is 4.92 Å². The molecule has 0 radical (unpaired) electrons. The van der Waals surface area contributed by atoms with Crippen molar-refractivity contribution in [2.75, 3.05) is 5.32 Å². The number of hydrogen-bond donors (Lipinski definition) is 2. The number of nitrogens with one attached hydrogen (secondary N) is 1. The summed E-state index contributed by atoms with van der Waals surface area (Å²) >= 11 is 3.25. The Balaban J connectivity index is 2.17. The first kappa shape index (κ1) is 14.3. The van der Waals surface area contributed by atoms with Crippen LogP contribution in [0, 0.1) is 17.0 Å². The molecule has 2 rings (SSSR count). The van der Waals surface area contributed by atoms with Gasteiger partial charge in [0.1, 0.15) is 5.75 Å². The Morgan fingerprint density at radius 2 is 2.10 bits per heavy atom. The molecule has 0 aliphatic heterocycles. The third-order valence-electron chi connectivity index (χ3n) is 2.96. The van der Waals surface area contributed by atoms with Gasteiger partial charge in [0.2, 0.25) is 0 Å². The van der Waals surface area contributed by atoms with Gasteiger partial charge in [-0.2, -0.15) is 0 Å². The third-order valence-corrected chi connectivity index (χ3v) is 3.60. The van der Waals surface area contributed by atoms with E-state index in [4.69, 9.17) is 0 Å². The van der Waals surface area contributed by atoms with Gasteiger partial charge in [-0.1, -0.05) is 18.2 Å². The highest BCUT2D eigenvalue weighted by atomic mass is 79.9. The first-order chi connectivity index (χ1) is 9.49. The van der Waals surface area contributed by atoms with Crippen LogP contribution < -0.4 is 5.32 Å². The van der Waals surface area contributed by atoms with E-state index in [-0.39, 0.29) is 11.4 Å². The average Bonchev–Trinajstić information content (AvgIpc) is 2.41. The van der Waals surface area contributed by atoms with Crippen LogP contribution in [-0.2, 0) is 6.54 Å². The molecule has 20 heavy (non-hydrogen) atoms. The predicted molar refractivity (Wildman–Crippen MR) is 81.0 cm³/mol. The first-order valence-electron chi connectivity index (χ1n) is 5.94. The molecule has 0 saturated carbocycles. The number of aryl methyl sites for hydroxylation is 1. The lowest BCUT2D eigenvalue weighted by Crippen LogP contribution is -2.01. The maximum atomic E-state index is 10.9.